The number of carbonyl (C=O) groups is 2. The Labute approximate surface area is 226 Å². The fourth-order valence-electron chi connectivity index (χ4n) is 4.93. The van der Waals surface area contributed by atoms with Gasteiger partial charge in [-0.05, 0) is 78.5 Å². The summed E-state index contributed by atoms with van der Waals surface area (Å²) in [7, 11) is 3.03. The number of hydrogen-bond donors (Lipinski definition) is 0. The Morgan fingerprint density at radius 2 is 1.39 bits per heavy atom. The second-order valence-electron chi connectivity index (χ2n) is 9.99. The van der Waals surface area contributed by atoms with Crippen LogP contribution >= 0.6 is 0 Å². The molecule has 3 rings (SSSR count). The lowest BCUT2D eigenvalue weighted by Crippen LogP contribution is -2.17. The van der Waals surface area contributed by atoms with Crippen LogP contribution in [-0.4, -0.2) is 39.4 Å². The number of ether oxygens (including phenoxy) is 4. The highest BCUT2D eigenvalue weighted by Crippen LogP contribution is 2.42. The molecule has 2 aromatic carbocycles. The third-order valence-electron chi connectivity index (χ3n) is 7.08. The van der Waals surface area contributed by atoms with E-state index >= 15 is 0 Å². The fourth-order valence-corrected chi connectivity index (χ4v) is 4.93. The van der Waals surface area contributed by atoms with Gasteiger partial charge < -0.3 is 18.9 Å². The molecule has 2 aromatic rings. The zero-order valence-electron chi connectivity index (χ0n) is 22.9. The molecule has 1 aliphatic rings. The second-order valence-corrected chi connectivity index (χ2v) is 9.99. The van der Waals surface area contributed by atoms with Crippen molar-refractivity contribution in [2.75, 3.05) is 27.4 Å². The van der Waals surface area contributed by atoms with Gasteiger partial charge >= 0.3 is 11.9 Å². The maximum atomic E-state index is 12.6. The van der Waals surface area contributed by atoms with Crippen LogP contribution in [0.1, 0.15) is 63.4 Å². The first kappa shape index (κ1) is 29.3. The summed E-state index contributed by atoms with van der Waals surface area (Å²) in [5.41, 5.74) is 3.56. The lowest BCUT2D eigenvalue weighted by molar-refractivity contribution is -0.131. The first-order valence-electron chi connectivity index (χ1n) is 13.4. The summed E-state index contributed by atoms with van der Waals surface area (Å²) in [6.45, 7) is 9.96. The molecule has 0 atom stereocenters. The first-order chi connectivity index (χ1) is 18.4. The van der Waals surface area contributed by atoms with Crippen LogP contribution in [0.2, 0.25) is 0 Å². The van der Waals surface area contributed by atoms with Gasteiger partial charge in [-0.15, -0.1) is 0 Å². The van der Waals surface area contributed by atoms with Gasteiger partial charge in [0.1, 0.15) is 11.5 Å². The maximum absolute atomic E-state index is 12.6. The maximum Gasteiger partial charge on any atom is 0.341 e. The van der Waals surface area contributed by atoms with Gasteiger partial charge in [-0.2, -0.15) is 0 Å². The molecule has 0 aromatic heterocycles. The summed E-state index contributed by atoms with van der Waals surface area (Å²) in [5, 5.41) is 0. The van der Waals surface area contributed by atoms with Gasteiger partial charge in [-0.25, -0.2) is 9.59 Å². The summed E-state index contributed by atoms with van der Waals surface area (Å²) in [6, 6.07) is 13.3. The van der Waals surface area contributed by atoms with Crippen molar-refractivity contribution in [2.24, 2.45) is 5.92 Å². The molecule has 0 heterocycles. The Bertz CT molecular complexity index is 1110. The summed E-state index contributed by atoms with van der Waals surface area (Å²) >= 11 is 0. The Morgan fingerprint density at radius 1 is 0.816 bits per heavy atom. The van der Waals surface area contributed by atoms with Gasteiger partial charge in [-0.3, -0.25) is 0 Å². The first-order valence-corrected chi connectivity index (χ1v) is 13.4. The van der Waals surface area contributed by atoms with E-state index in [1.54, 1.807) is 12.1 Å². The smallest absolute Gasteiger partial charge is 0.341 e. The van der Waals surface area contributed by atoms with Crippen molar-refractivity contribution in [3.8, 4) is 22.6 Å². The van der Waals surface area contributed by atoms with Crippen LogP contribution in [0, 0.1) is 5.92 Å². The van der Waals surface area contributed by atoms with E-state index in [-0.39, 0.29) is 24.4 Å². The number of methoxy groups -OCH3 is 2. The minimum absolute atomic E-state index is 0.121. The molecule has 0 N–H and O–H groups in total. The van der Waals surface area contributed by atoms with Gasteiger partial charge in [0.25, 0.3) is 0 Å². The molecule has 204 valence electrons. The van der Waals surface area contributed by atoms with Crippen LogP contribution in [0.3, 0.4) is 0 Å². The van der Waals surface area contributed by atoms with Crippen molar-refractivity contribution in [3.05, 3.63) is 72.3 Å². The van der Waals surface area contributed by atoms with Crippen LogP contribution in [0.5, 0.6) is 11.5 Å². The summed E-state index contributed by atoms with van der Waals surface area (Å²) in [4.78, 5) is 24.7. The predicted octanol–water partition coefficient (Wildman–Crippen LogP) is 7.03. The standard InChI is InChI=1S/C32H40O6/c1-6-7-8-24-9-11-26(12-10-24)29-19-27(15-18-30(29)38-32(34)23(3)21-36-5)25-13-16-28(17-14-25)37-31(33)22(2)20-35-4/h13-19,24,26H,2-3,6-12,20-21H2,1,4-5H3. The lowest BCUT2D eigenvalue weighted by Gasteiger charge is -2.30. The molecular weight excluding hydrogens is 480 g/mol. The molecule has 0 aliphatic heterocycles. The number of esters is 2. The molecular formula is C32H40O6. The molecule has 0 saturated heterocycles. The highest BCUT2D eigenvalue weighted by molar-refractivity contribution is 5.90. The second kappa shape index (κ2) is 14.6. The Kier molecular flexibility index (Phi) is 11.3. The molecule has 0 unspecified atom stereocenters. The van der Waals surface area contributed by atoms with Crippen molar-refractivity contribution >= 4 is 11.9 Å². The molecule has 0 bridgehead atoms. The third kappa shape index (κ3) is 8.14. The minimum Gasteiger partial charge on any atom is -0.423 e. The molecule has 6 heteroatoms. The molecule has 1 aliphatic carbocycles. The van der Waals surface area contributed by atoms with E-state index < -0.39 is 11.9 Å². The van der Waals surface area contributed by atoms with Crippen molar-refractivity contribution in [3.63, 3.8) is 0 Å². The molecule has 1 fully saturated rings. The van der Waals surface area contributed by atoms with Gasteiger partial charge in [0.2, 0.25) is 0 Å². The average molecular weight is 521 g/mol. The largest absolute Gasteiger partial charge is 0.423 e. The SMILES string of the molecule is C=C(COC)C(=O)Oc1ccc(-c2ccc(OC(=O)C(=C)COC)c(C3CCC(CCCC)CC3)c2)cc1. The van der Waals surface area contributed by atoms with Crippen LogP contribution in [-0.2, 0) is 19.1 Å². The fraction of sp³-hybridized carbons (Fsp3) is 0.438. The lowest BCUT2D eigenvalue weighted by atomic mass is 9.76. The zero-order valence-corrected chi connectivity index (χ0v) is 22.9. The van der Waals surface area contributed by atoms with E-state index in [1.807, 2.05) is 24.3 Å². The van der Waals surface area contributed by atoms with Gasteiger partial charge in [0, 0.05) is 14.2 Å². The van der Waals surface area contributed by atoms with Crippen molar-refractivity contribution < 1.29 is 28.5 Å². The highest BCUT2D eigenvalue weighted by Gasteiger charge is 2.26. The van der Waals surface area contributed by atoms with Crippen molar-refractivity contribution in [2.45, 2.75) is 57.8 Å². The van der Waals surface area contributed by atoms with Crippen molar-refractivity contribution in [1.29, 1.82) is 0 Å². The zero-order chi connectivity index (χ0) is 27.5. The Morgan fingerprint density at radius 3 is 1.97 bits per heavy atom. The topological polar surface area (TPSA) is 71.1 Å². The Balaban J connectivity index is 1.82. The summed E-state index contributed by atoms with van der Waals surface area (Å²) in [6.07, 6.45) is 8.32. The van der Waals surface area contributed by atoms with Crippen LogP contribution in [0.15, 0.2) is 66.8 Å². The molecule has 0 spiro atoms. The van der Waals surface area contributed by atoms with E-state index in [4.69, 9.17) is 18.9 Å². The number of unbranched alkanes of at least 4 members (excludes halogenated alkanes) is 1. The van der Waals surface area contributed by atoms with Crippen LogP contribution < -0.4 is 9.47 Å². The quantitative estimate of drug-likeness (QED) is 0.160. The number of carbonyl (C=O) groups excluding carboxylic acids is 2. The van der Waals surface area contributed by atoms with Crippen LogP contribution in [0.4, 0.5) is 0 Å². The van der Waals surface area contributed by atoms with E-state index in [2.05, 4.69) is 26.1 Å². The summed E-state index contributed by atoms with van der Waals surface area (Å²) < 4.78 is 21.2. The van der Waals surface area contributed by atoms with E-state index in [9.17, 15) is 9.59 Å². The molecule has 0 radical (unpaired) electrons. The number of benzene rings is 2. The third-order valence-corrected chi connectivity index (χ3v) is 7.08. The van der Waals surface area contributed by atoms with Gasteiger partial charge in [0.05, 0.1) is 24.4 Å². The normalized spacial score (nSPS) is 17.0. The molecule has 6 nitrogen and oxygen atoms in total. The van der Waals surface area contributed by atoms with E-state index in [0.29, 0.717) is 17.4 Å². The highest BCUT2D eigenvalue weighted by atomic mass is 16.5. The van der Waals surface area contributed by atoms with Crippen molar-refractivity contribution in [1.82, 2.24) is 0 Å². The predicted molar refractivity (Wildman–Crippen MR) is 149 cm³/mol. The molecule has 38 heavy (non-hydrogen) atoms. The van der Waals surface area contributed by atoms with E-state index in [0.717, 1.165) is 35.4 Å². The minimum atomic E-state index is -0.516. The number of rotatable bonds is 13. The monoisotopic (exact) mass is 520 g/mol. The van der Waals surface area contributed by atoms with Gasteiger partial charge in [0.15, 0.2) is 0 Å². The number of hydrogen-bond acceptors (Lipinski definition) is 6. The van der Waals surface area contributed by atoms with E-state index in [1.165, 1.54) is 46.3 Å². The van der Waals surface area contributed by atoms with Gasteiger partial charge in [-0.1, -0.05) is 57.5 Å². The molecule has 1 saturated carbocycles. The Hall–Kier alpha value is -3.22. The van der Waals surface area contributed by atoms with Crippen LogP contribution in [0.25, 0.3) is 11.1 Å². The summed E-state index contributed by atoms with van der Waals surface area (Å²) in [5.74, 6) is 1.12. The molecule has 0 amide bonds. The average Bonchev–Trinajstić information content (AvgIpc) is 2.93.